The maximum absolute atomic E-state index is 13.7. The van der Waals surface area contributed by atoms with Crippen molar-refractivity contribution in [3.8, 4) is 11.5 Å². The number of alkyl halides is 3. The first-order valence-electron chi connectivity index (χ1n) is 10.2. The molecule has 0 bridgehead atoms. The predicted molar refractivity (Wildman–Crippen MR) is 132 cm³/mol. The van der Waals surface area contributed by atoms with Crippen LogP contribution in [0.25, 0.3) is 6.08 Å². The fourth-order valence-electron chi connectivity index (χ4n) is 3.36. The molecule has 1 aliphatic rings. The van der Waals surface area contributed by atoms with Gasteiger partial charge < -0.3 is 9.47 Å². The second kappa shape index (κ2) is 10.1. The molecule has 0 radical (unpaired) electrons. The second-order valence-electron chi connectivity index (χ2n) is 7.41. The number of rotatable bonds is 6. The molecule has 0 aliphatic carbocycles. The molecular formula is C25H17BrClF3N2O3. The third-order valence-corrected chi connectivity index (χ3v) is 5.85. The molecule has 0 unspecified atom stereocenters. The molecule has 35 heavy (non-hydrogen) atoms. The van der Waals surface area contributed by atoms with Crippen LogP contribution in [0.2, 0.25) is 5.02 Å². The summed E-state index contributed by atoms with van der Waals surface area (Å²) in [5.41, 5.74) is -0.470. The van der Waals surface area contributed by atoms with Gasteiger partial charge in [-0.3, -0.25) is 4.79 Å². The van der Waals surface area contributed by atoms with Crippen LogP contribution in [0.15, 0.2) is 81.9 Å². The van der Waals surface area contributed by atoms with Gasteiger partial charge in [0, 0.05) is 5.02 Å². The highest BCUT2D eigenvalue weighted by molar-refractivity contribution is 9.10. The van der Waals surface area contributed by atoms with Crippen LogP contribution in [0.5, 0.6) is 11.5 Å². The average Bonchev–Trinajstić information content (AvgIpc) is 3.16. The van der Waals surface area contributed by atoms with Crippen LogP contribution in [0.1, 0.15) is 11.1 Å². The quantitative estimate of drug-likeness (QED) is 0.301. The molecular weight excluding hydrogens is 549 g/mol. The second-order valence-corrected chi connectivity index (χ2v) is 8.70. The number of carbonyl (C=O) groups excluding carboxylic acids is 1. The Morgan fingerprint density at radius 2 is 1.77 bits per heavy atom. The Bertz CT molecular complexity index is 1310. The van der Waals surface area contributed by atoms with E-state index >= 15 is 0 Å². The van der Waals surface area contributed by atoms with Crippen LogP contribution in [0.3, 0.4) is 0 Å². The summed E-state index contributed by atoms with van der Waals surface area (Å²) >= 11 is 9.29. The van der Waals surface area contributed by atoms with Crippen molar-refractivity contribution >= 4 is 50.9 Å². The van der Waals surface area contributed by atoms with E-state index in [0.717, 1.165) is 16.6 Å². The van der Waals surface area contributed by atoms with Gasteiger partial charge in [0.05, 0.1) is 22.8 Å². The lowest BCUT2D eigenvalue weighted by Crippen LogP contribution is -2.25. The van der Waals surface area contributed by atoms with Gasteiger partial charge in [0.1, 0.15) is 6.61 Å². The number of anilines is 1. The van der Waals surface area contributed by atoms with Crippen LogP contribution in [-0.2, 0) is 11.4 Å². The van der Waals surface area contributed by atoms with Crippen molar-refractivity contribution in [1.82, 2.24) is 0 Å². The van der Waals surface area contributed by atoms with Crippen LogP contribution in [0.4, 0.5) is 18.9 Å². The number of carbonyl (C=O) groups is 1. The van der Waals surface area contributed by atoms with Crippen molar-refractivity contribution in [2.75, 3.05) is 12.1 Å². The van der Waals surface area contributed by atoms with E-state index in [-0.39, 0.29) is 18.0 Å². The monoisotopic (exact) mass is 564 g/mol. The van der Waals surface area contributed by atoms with E-state index in [4.69, 9.17) is 21.1 Å². The summed E-state index contributed by atoms with van der Waals surface area (Å²) < 4.78 is 52.9. The third kappa shape index (κ3) is 5.52. The maximum atomic E-state index is 13.7. The molecule has 1 aliphatic heterocycles. The lowest BCUT2D eigenvalue weighted by Gasteiger charge is -2.14. The Labute approximate surface area is 212 Å². The molecule has 4 rings (SSSR count). The molecule has 0 aromatic heterocycles. The van der Waals surface area contributed by atoms with E-state index in [0.29, 0.717) is 20.8 Å². The van der Waals surface area contributed by atoms with Crippen molar-refractivity contribution in [3.05, 3.63) is 92.9 Å². The standard InChI is InChI=1S/C25H17BrClF3N2O3/c1-34-21-13-16(12-20(26)22(21)35-14-15-7-9-17(27)10-8-15)11-19-23(25(28,29)30)31-32(24(19)33)18-5-3-2-4-6-18/h2-13H,14H2,1H3/b19-11-. The normalized spacial score (nSPS) is 14.9. The fraction of sp³-hybridized carbons (Fsp3) is 0.120. The van der Waals surface area contributed by atoms with E-state index in [1.165, 1.54) is 25.3 Å². The van der Waals surface area contributed by atoms with Gasteiger partial charge in [-0.1, -0.05) is 41.9 Å². The molecule has 10 heteroatoms. The summed E-state index contributed by atoms with van der Waals surface area (Å²) in [6, 6.07) is 18.0. The summed E-state index contributed by atoms with van der Waals surface area (Å²) in [4.78, 5) is 12.9. The number of halogens is 5. The summed E-state index contributed by atoms with van der Waals surface area (Å²) in [6.45, 7) is 0.210. The topological polar surface area (TPSA) is 51.1 Å². The highest BCUT2D eigenvalue weighted by atomic mass is 79.9. The van der Waals surface area contributed by atoms with Crippen molar-refractivity contribution < 1.29 is 27.4 Å². The van der Waals surface area contributed by atoms with Gasteiger partial charge in [-0.25, -0.2) is 0 Å². The van der Waals surface area contributed by atoms with Gasteiger partial charge in [0.2, 0.25) is 0 Å². The molecule has 1 heterocycles. The highest BCUT2D eigenvalue weighted by Crippen LogP contribution is 2.39. The Kier molecular flexibility index (Phi) is 7.18. The number of para-hydroxylation sites is 1. The molecule has 180 valence electrons. The number of hydrogen-bond donors (Lipinski definition) is 0. The van der Waals surface area contributed by atoms with Crippen molar-refractivity contribution in [2.45, 2.75) is 12.8 Å². The highest BCUT2D eigenvalue weighted by Gasteiger charge is 2.46. The number of nitrogens with zero attached hydrogens (tertiary/aromatic N) is 2. The first kappa shape index (κ1) is 24.8. The minimum Gasteiger partial charge on any atom is -0.493 e. The number of methoxy groups -OCH3 is 1. The van der Waals surface area contributed by atoms with E-state index in [9.17, 15) is 18.0 Å². The van der Waals surface area contributed by atoms with E-state index in [2.05, 4.69) is 21.0 Å². The first-order chi connectivity index (χ1) is 16.7. The van der Waals surface area contributed by atoms with Crippen molar-refractivity contribution in [3.63, 3.8) is 0 Å². The number of hydrogen-bond acceptors (Lipinski definition) is 4. The fourth-order valence-corrected chi connectivity index (χ4v) is 4.06. The summed E-state index contributed by atoms with van der Waals surface area (Å²) in [5, 5.41) is 4.91. The largest absolute Gasteiger partial charge is 0.493 e. The zero-order valence-corrected chi connectivity index (χ0v) is 20.5. The number of amides is 1. The first-order valence-corrected chi connectivity index (χ1v) is 11.4. The molecule has 0 atom stereocenters. The molecule has 3 aromatic carbocycles. The smallest absolute Gasteiger partial charge is 0.435 e. The number of ether oxygens (including phenoxy) is 2. The Morgan fingerprint density at radius 1 is 1.09 bits per heavy atom. The Morgan fingerprint density at radius 3 is 2.40 bits per heavy atom. The minimum atomic E-state index is -4.83. The van der Waals surface area contributed by atoms with Gasteiger partial charge >= 0.3 is 6.18 Å². The molecule has 0 fully saturated rings. The van der Waals surface area contributed by atoms with Gasteiger partial charge in [-0.15, -0.1) is 0 Å². The van der Waals surface area contributed by atoms with Crippen LogP contribution in [0, 0.1) is 0 Å². The molecule has 0 saturated carbocycles. The third-order valence-electron chi connectivity index (χ3n) is 5.01. The average molecular weight is 566 g/mol. The Hall–Kier alpha value is -3.30. The lowest BCUT2D eigenvalue weighted by molar-refractivity contribution is -0.114. The van der Waals surface area contributed by atoms with Gasteiger partial charge in [-0.05, 0) is 69.5 Å². The molecule has 0 spiro atoms. The Balaban J connectivity index is 1.67. The molecule has 3 aromatic rings. The van der Waals surface area contributed by atoms with Gasteiger partial charge in [0.25, 0.3) is 5.91 Å². The molecule has 0 saturated heterocycles. The summed E-state index contributed by atoms with van der Waals surface area (Å²) in [6.07, 6.45) is -3.69. The lowest BCUT2D eigenvalue weighted by atomic mass is 10.1. The minimum absolute atomic E-state index is 0.210. The van der Waals surface area contributed by atoms with Crippen molar-refractivity contribution in [2.24, 2.45) is 5.10 Å². The molecule has 1 amide bonds. The molecule has 0 N–H and O–H groups in total. The summed E-state index contributed by atoms with van der Waals surface area (Å²) in [5.74, 6) is -0.254. The summed E-state index contributed by atoms with van der Waals surface area (Å²) in [7, 11) is 1.41. The maximum Gasteiger partial charge on any atom is 0.435 e. The van der Waals surface area contributed by atoms with Crippen molar-refractivity contribution in [1.29, 1.82) is 0 Å². The SMILES string of the molecule is COc1cc(/C=C2\C(=O)N(c3ccccc3)N=C2C(F)(F)F)cc(Br)c1OCc1ccc(Cl)cc1. The van der Waals surface area contributed by atoms with Gasteiger partial charge in [-0.2, -0.15) is 23.3 Å². The number of hydrazone groups is 1. The van der Waals surface area contributed by atoms with E-state index < -0.39 is 23.4 Å². The molecule has 5 nitrogen and oxygen atoms in total. The van der Waals surface area contributed by atoms with Crippen LogP contribution < -0.4 is 14.5 Å². The van der Waals surface area contributed by atoms with E-state index in [1.54, 1.807) is 36.4 Å². The van der Waals surface area contributed by atoms with Crippen LogP contribution in [-0.4, -0.2) is 24.9 Å². The predicted octanol–water partition coefficient (Wildman–Crippen LogP) is 7.04. The van der Waals surface area contributed by atoms with Gasteiger partial charge in [0.15, 0.2) is 17.2 Å². The van der Waals surface area contributed by atoms with E-state index in [1.807, 2.05) is 12.1 Å². The zero-order chi connectivity index (χ0) is 25.2. The number of benzene rings is 3. The van der Waals surface area contributed by atoms with Crippen LogP contribution >= 0.6 is 27.5 Å². The zero-order valence-electron chi connectivity index (χ0n) is 18.1.